The summed E-state index contributed by atoms with van der Waals surface area (Å²) < 4.78 is 11.1. The summed E-state index contributed by atoms with van der Waals surface area (Å²) in [6.45, 7) is 8.95. The summed E-state index contributed by atoms with van der Waals surface area (Å²) in [4.78, 5) is 0. The number of hydrogen-bond acceptors (Lipinski definition) is 2. The monoisotopic (exact) mass is 354 g/mol. The summed E-state index contributed by atoms with van der Waals surface area (Å²) in [5.41, 5.74) is 5.25. The molecule has 1 unspecified atom stereocenters. The van der Waals surface area contributed by atoms with Gasteiger partial charge in [-0.25, -0.2) is 0 Å². The molecule has 0 fully saturated rings. The number of methoxy groups -OCH3 is 2. The summed E-state index contributed by atoms with van der Waals surface area (Å²) in [7, 11) is 3.53. The zero-order valence-electron chi connectivity index (χ0n) is 17.3. The van der Waals surface area contributed by atoms with Crippen LogP contribution >= 0.6 is 0 Å². The van der Waals surface area contributed by atoms with Gasteiger partial charge < -0.3 is 9.47 Å². The van der Waals surface area contributed by atoms with Gasteiger partial charge in [0.05, 0.1) is 14.2 Å². The van der Waals surface area contributed by atoms with Crippen molar-refractivity contribution in [2.45, 2.75) is 53.4 Å². The summed E-state index contributed by atoms with van der Waals surface area (Å²) in [5, 5.41) is 0. The van der Waals surface area contributed by atoms with Crippen LogP contribution < -0.4 is 9.47 Å². The van der Waals surface area contributed by atoms with Crippen LogP contribution in [0.5, 0.6) is 11.5 Å². The number of ether oxygens (including phenoxy) is 2. The lowest BCUT2D eigenvalue weighted by atomic mass is 9.85. The van der Waals surface area contributed by atoms with Gasteiger partial charge in [-0.1, -0.05) is 55.7 Å². The molecule has 0 saturated carbocycles. The van der Waals surface area contributed by atoms with Crippen LogP contribution in [0, 0.1) is 25.7 Å². The zero-order chi connectivity index (χ0) is 19.1. The normalized spacial score (nSPS) is 13.3. The molecule has 0 spiro atoms. The van der Waals surface area contributed by atoms with E-state index in [1.165, 1.54) is 35.1 Å². The number of benzene rings is 2. The molecule has 0 amide bonds. The minimum absolute atomic E-state index is 0.617. The van der Waals surface area contributed by atoms with Gasteiger partial charge >= 0.3 is 0 Å². The van der Waals surface area contributed by atoms with Crippen LogP contribution in [-0.4, -0.2) is 14.2 Å². The second-order valence-electron chi connectivity index (χ2n) is 7.65. The van der Waals surface area contributed by atoms with E-state index < -0.39 is 0 Å². The van der Waals surface area contributed by atoms with E-state index in [9.17, 15) is 0 Å². The van der Waals surface area contributed by atoms with E-state index in [4.69, 9.17) is 9.47 Å². The fourth-order valence-corrected chi connectivity index (χ4v) is 3.87. The SMILES string of the molecule is CCC(Cc1cc(C)ccc1OC)C[C@@H](C)Cc1cc(C)ccc1OC. The molecule has 0 aliphatic heterocycles. The van der Waals surface area contributed by atoms with Crippen molar-refractivity contribution in [2.24, 2.45) is 11.8 Å². The van der Waals surface area contributed by atoms with Crippen LogP contribution in [0.1, 0.15) is 48.9 Å². The molecule has 2 aromatic carbocycles. The first kappa shape index (κ1) is 20.4. The first-order valence-corrected chi connectivity index (χ1v) is 9.73. The van der Waals surface area contributed by atoms with Gasteiger partial charge in [-0.05, 0) is 68.2 Å². The molecule has 2 heteroatoms. The summed E-state index contributed by atoms with van der Waals surface area (Å²) in [5.74, 6) is 3.31. The van der Waals surface area contributed by atoms with Gasteiger partial charge in [0, 0.05) is 0 Å². The van der Waals surface area contributed by atoms with Gasteiger partial charge in [-0.2, -0.15) is 0 Å². The van der Waals surface area contributed by atoms with Crippen molar-refractivity contribution in [3.8, 4) is 11.5 Å². The molecule has 142 valence electrons. The maximum absolute atomic E-state index is 5.57. The Morgan fingerprint density at radius 2 is 1.31 bits per heavy atom. The van der Waals surface area contributed by atoms with Gasteiger partial charge in [0.1, 0.15) is 11.5 Å². The van der Waals surface area contributed by atoms with E-state index in [0.29, 0.717) is 11.8 Å². The molecule has 0 saturated heterocycles. The van der Waals surface area contributed by atoms with E-state index in [-0.39, 0.29) is 0 Å². The molecular formula is C24H34O2. The number of rotatable bonds is 9. The van der Waals surface area contributed by atoms with Crippen molar-refractivity contribution in [3.63, 3.8) is 0 Å². The Labute approximate surface area is 159 Å². The lowest BCUT2D eigenvalue weighted by Crippen LogP contribution is -2.12. The molecule has 2 rings (SSSR count). The molecule has 0 radical (unpaired) electrons. The average molecular weight is 355 g/mol. The van der Waals surface area contributed by atoms with Crippen molar-refractivity contribution in [1.29, 1.82) is 0 Å². The Hall–Kier alpha value is -1.96. The number of aryl methyl sites for hydroxylation is 2. The molecule has 0 aliphatic rings. The third-order valence-corrected chi connectivity index (χ3v) is 5.26. The maximum atomic E-state index is 5.57. The van der Waals surface area contributed by atoms with Crippen molar-refractivity contribution in [2.75, 3.05) is 14.2 Å². The highest BCUT2D eigenvalue weighted by molar-refractivity contribution is 5.38. The van der Waals surface area contributed by atoms with Gasteiger partial charge in [0.15, 0.2) is 0 Å². The van der Waals surface area contributed by atoms with Gasteiger partial charge in [0.25, 0.3) is 0 Å². The van der Waals surface area contributed by atoms with Gasteiger partial charge in [-0.3, -0.25) is 0 Å². The molecular weight excluding hydrogens is 320 g/mol. The van der Waals surface area contributed by atoms with Gasteiger partial charge in [0.2, 0.25) is 0 Å². The van der Waals surface area contributed by atoms with Crippen LogP contribution in [0.15, 0.2) is 36.4 Å². The molecule has 2 nitrogen and oxygen atoms in total. The number of hydrogen-bond donors (Lipinski definition) is 0. The fourth-order valence-electron chi connectivity index (χ4n) is 3.87. The third-order valence-electron chi connectivity index (χ3n) is 5.26. The minimum Gasteiger partial charge on any atom is -0.496 e. The molecule has 2 aromatic rings. The van der Waals surface area contributed by atoms with E-state index in [2.05, 4.69) is 64.1 Å². The highest BCUT2D eigenvalue weighted by atomic mass is 16.5. The van der Waals surface area contributed by atoms with E-state index in [0.717, 1.165) is 24.3 Å². The lowest BCUT2D eigenvalue weighted by Gasteiger charge is -2.22. The average Bonchev–Trinajstić information content (AvgIpc) is 2.61. The third kappa shape index (κ3) is 5.52. The molecule has 0 heterocycles. The lowest BCUT2D eigenvalue weighted by molar-refractivity contribution is 0.358. The second-order valence-corrected chi connectivity index (χ2v) is 7.65. The van der Waals surface area contributed by atoms with E-state index >= 15 is 0 Å². The van der Waals surface area contributed by atoms with Crippen LogP contribution in [0.2, 0.25) is 0 Å². The Morgan fingerprint density at radius 1 is 0.808 bits per heavy atom. The second kappa shape index (κ2) is 9.66. The van der Waals surface area contributed by atoms with Crippen LogP contribution in [-0.2, 0) is 12.8 Å². The largest absolute Gasteiger partial charge is 0.496 e. The molecule has 2 atom stereocenters. The van der Waals surface area contributed by atoms with Crippen LogP contribution in [0.4, 0.5) is 0 Å². The molecule has 0 N–H and O–H groups in total. The van der Waals surface area contributed by atoms with E-state index in [1.54, 1.807) is 14.2 Å². The predicted octanol–water partition coefficient (Wildman–Crippen LogP) is 6.16. The molecule has 0 aliphatic carbocycles. The Balaban J connectivity index is 2.06. The first-order chi connectivity index (χ1) is 12.5. The van der Waals surface area contributed by atoms with Crippen molar-refractivity contribution in [1.82, 2.24) is 0 Å². The van der Waals surface area contributed by atoms with Crippen molar-refractivity contribution in [3.05, 3.63) is 58.7 Å². The van der Waals surface area contributed by atoms with Crippen LogP contribution in [0.25, 0.3) is 0 Å². The molecule has 0 aromatic heterocycles. The minimum atomic E-state index is 0.617. The molecule has 0 bridgehead atoms. The quantitative estimate of drug-likeness (QED) is 0.537. The first-order valence-electron chi connectivity index (χ1n) is 9.73. The Morgan fingerprint density at radius 3 is 1.77 bits per heavy atom. The summed E-state index contributed by atoms with van der Waals surface area (Å²) in [6, 6.07) is 13.0. The van der Waals surface area contributed by atoms with Crippen LogP contribution in [0.3, 0.4) is 0 Å². The summed E-state index contributed by atoms with van der Waals surface area (Å²) in [6.07, 6.45) is 4.54. The zero-order valence-corrected chi connectivity index (χ0v) is 17.3. The highest BCUT2D eigenvalue weighted by Gasteiger charge is 2.17. The van der Waals surface area contributed by atoms with E-state index in [1.807, 2.05) is 0 Å². The Kier molecular flexibility index (Phi) is 7.56. The summed E-state index contributed by atoms with van der Waals surface area (Å²) >= 11 is 0. The highest BCUT2D eigenvalue weighted by Crippen LogP contribution is 2.30. The smallest absolute Gasteiger partial charge is 0.122 e. The topological polar surface area (TPSA) is 18.5 Å². The Bertz CT molecular complexity index is 705. The van der Waals surface area contributed by atoms with Crippen molar-refractivity contribution >= 4 is 0 Å². The fraction of sp³-hybridized carbons (Fsp3) is 0.500. The maximum Gasteiger partial charge on any atom is 0.122 e. The van der Waals surface area contributed by atoms with Gasteiger partial charge in [-0.15, -0.1) is 0 Å². The molecule has 26 heavy (non-hydrogen) atoms. The van der Waals surface area contributed by atoms with Crippen molar-refractivity contribution < 1.29 is 9.47 Å². The standard InChI is InChI=1S/C24H34O2/c1-7-20(16-22-14-18(3)9-11-24(22)26-6)12-19(4)15-21-13-17(2)8-10-23(21)25-5/h8-11,13-14,19-20H,7,12,15-16H2,1-6H3/t19-,20?/m1/s1. The predicted molar refractivity (Wildman–Crippen MR) is 110 cm³/mol.